The van der Waals surface area contributed by atoms with E-state index in [0.717, 1.165) is 21.4 Å². The first-order chi connectivity index (χ1) is 13.3. The molecule has 1 fully saturated rings. The number of aromatic nitrogens is 5. The molecular weight excluding hydrogens is 378 g/mol. The molecule has 1 aliphatic carbocycles. The van der Waals surface area contributed by atoms with Gasteiger partial charge in [-0.2, -0.15) is 0 Å². The van der Waals surface area contributed by atoms with Crippen LogP contribution in [0.3, 0.4) is 0 Å². The highest BCUT2D eigenvalue weighted by molar-refractivity contribution is 7.98. The summed E-state index contributed by atoms with van der Waals surface area (Å²) >= 11 is 3.29. The molecule has 27 heavy (non-hydrogen) atoms. The van der Waals surface area contributed by atoms with Crippen molar-refractivity contribution in [3.8, 4) is 22.2 Å². The zero-order valence-electron chi connectivity index (χ0n) is 14.7. The maximum Gasteiger partial charge on any atom is 0.247 e. The smallest absolute Gasteiger partial charge is 0.247 e. The highest BCUT2D eigenvalue weighted by atomic mass is 32.2. The molecule has 3 heterocycles. The fourth-order valence-corrected chi connectivity index (χ4v) is 4.41. The van der Waals surface area contributed by atoms with Gasteiger partial charge in [0.1, 0.15) is 0 Å². The van der Waals surface area contributed by atoms with Gasteiger partial charge >= 0.3 is 0 Å². The van der Waals surface area contributed by atoms with Gasteiger partial charge in [0, 0.05) is 11.6 Å². The number of benzene rings is 1. The zero-order chi connectivity index (χ0) is 18.2. The molecule has 1 saturated carbocycles. The van der Waals surface area contributed by atoms with E-state index in [4.69, 9.17) is 4.42 Å². The van der Waals surface area contributed by atoms with Gasteiger partial charge in [-0.1, -0.05) is 35.5 Å². The van der Waals surface area contributed by atoms with E-state index in [1.54, 1.807) is 23.1 Å². The van der Waals surface area contributed by atoms with Crippen LogP contribution in [0.25, 0.3) is 22.2 Å². The van der Waals surface area contributed by atoms with Crippen molar-refractivity contribution in [3.63, 3.8) is 0 Å². The Balaban J connectivity index is 1.34. The van der Waals surface area contributed by atoms with Crippen LogP contribution in [-0.4, -0.2) is 25.0 Å². The molecule has 1 aliphatic rings. The normalized spacial score (nSPS) is 14.0. The van der Waals surface area contributed by atoms with Crippen molar-refractivity contribution in [2.24, 2.45) is 0 Å². The van der Waals surface area contributed by atoms with Crippen LogP contribution < -0.4 is 0 Å². The van der Waals surface area contributed by atoms with Crippen LogP contribution in [0.1, 0.15) is 30.3 Å². The number of rotatable bonds is 6. The van der Waals surface area contributed by atoms with E-state index in [-0.39, 0.29) is 0 Å². The SMILES string of the molecule is Cc1ccc(-c2nnc(CSc3nnc(-c4cccs4)n3C3CC3)o2)cc1. The Bertz CT molecular complexity index is 1050. The number of thioether (sulfide) groups is 1. The van der Waals surface area contributed by atoms with Crippen LogP contribution in [0.4, 0.5) is 0 Å². The lowest BCUT2D eigenvalue weighted by Gasteiger charge is -2.06. The molecule has 0 aliphatic heterocycles. The molecule has 4 aromatic rings. The van der Waals surface area contributed by atoms with E-state index >= 15 is 0 Å². The molecule has 0 bridgehead atoms. The van der Waals surface area contributed by atoms with Crippen LogP contribution in [0, 0.1) is 6.92 Å². The molecule has 0 radical (unpaired) electrons. The summed E-state index contributed by atoms with van der Waals surface area (Å²) in [5.74, 6) is 2.68. The van der Waals surface area contributed by atoms with Crippen molar-refractivity contribution in [2.75, 3.05) is 0 Å². The van der Waals surface area contributed by atoms with Crippen molar-refractivity contribution in [2.45, 2.75) is 36.7 Å². The van der Waals surface area contributed by atoms with Gasteiger partial charge in [0.15, 0.2) is 11.0 Å². The minimum atomic E-state index is 0.505. The first-order valence-electron chi connectivity index (χ1n) is 8.79. The predicted molar refractivity (Wildman–Crippen MR) is 106 cm³/mol. The third-order valence-corrected chi connectivity index (χ3v) is 6.20. The molecule has 0 N–H and O–H groups in total. The number of nitrogens with zero attached hydrogens (tertiary/aromatic N) is 5. The summed E-state index contributed by atoms with van der Waals surface area (Å²) in [5.41, 5.74) is 2.14. The topological polar surface area (TPSA) is 69.6 Å². The minimum absolute atomic E-state index is 0.505. The van der Waals surface area contributed by atoms with Crippen molar-refractivity contribution < 1.29 is 4.42 Å². The van der Waals surface area contributed by atoms with Crippen molar-refractivity contribution >= 4 is 23.1 Å². The number of aryl methyl sites for hydroxylation is 1. The molecule has 136 valence electrons. The molecule has 0 saturated heterocycles. The van der Waals surface area contributed by atoms with Gasteiger partial charge in [-0.15, -0.1) is 31.7 Å². The third-order valence-electron chi connectivity index (χ3n) is 4.41. The Hall–Kier alpha value is -2.45. The van der Waals surface area contributed by atoms with E-state index in [2.05, 4.69) is 43.3 Å². The van der Waals surface area contributed by atoms with Gasteiger partial charge in [0.05, 0.1) is 10.6 Å². The first kappa shape index (κ1) is 16.7. The second-order valence-electron chi connectivity index (χ2n) is 6.54. The summed E-state index contributed by atoms with van der Waals surface area (Å²) in [4.78, 5) is 1.15. The molecule has 3 aromatic heterocycles. The largest absolute Gasteiger partial charge is 0.420 e. The average Bonchev–Trinajstić information content (AvgIpc) is 3.10. The lowest BCUT2D eigenvalue weighted by Crippen LogP contribution is -1.99. The van der Waals surface area contributed by atoms with Gasteiger partial charge in [-0.25, -0.2) is 0 Å². The van der Waals surface area contributed by atoms with Crippen molar-refractivity contribution in [1.29, 1.82) is 0 Å². The molecule has 0 unspecified atom stereocenters. The van der Waals surface area contributed by atoms with Crippen molar-refractivity contribution in [1.82, 2.24) is 25.0 Å². The Morgan fingerprint density at radius 1 is 1.11 bits per heavy atom. The number of hydrogen-bond acceptors (Lipinski definition) is 7. The number of hydrogen-bond donors (Lipinski definition) is 0. The predicted octanol–water partition coefficient (Wildman–Crippen LogP) is 4.99. The average molecular weight is 396 g/mol. The summed E-state index contributed by atoms with van der Waals surface area (Å²) in [6, 6.07) is 12.7. The Kier molecular flexibility index (Phi) is 4.29. The monoisotopic (exact) mass is 395 g/mol. The summed E-state index contributed by atoms with van der Waals surface area (Å²) in [5, 5.41) is 20.2. The quantitative estimate of drug-likeness (QED) is 0.428. The summed E-state index contributed by atoms with van der Waals surface area (Å²) in [6.07, 6.45) is 2.37. The molecular formula is C19H17N5OS2. The van der Waals surface area contributed by atoms with Gasteiger partial charge in [0.2, 0.25) is 11.8 Å². The fraction of sp³-hybridized carbons (Fsp3) is 0.263. The van der Waals surface area contributed by atoms with E-state index < -0.39 is 0 Å². The summed E-state index contributed by atoms with van der Waals surface area (Å²) in [7, 11) is 0. The maximum absolute atomic E-state index is 5.83. The van der Waals surface area contributed by atoms with Crippen LogP contribution in [0.5, 0.6) is 0 Å². The van der Waals surface area contributed by atoms with E-state index in [1.165, 1.54) is 18.4 Å². The molecule has 0 amide bonds. The van der Waals surface area contributed by atoms with E-state index in [1.807, 2.05) is 30.3 Å². The standard InChI is InChI=1S/C19H17N5OS2/c1-12-4-6-13(7-5-12)18-22-20-16(25-18)11-27-19-23-21-17(15-3-2-10-26-15)24(19)14-8-9-14/h2-7,10,14H,8-9,11H2,1H3. The van der Waals surface area contributed by atoms with Gasteiger partial charge in [-0.3, -0.25) is 4.57 Å². The molecule has 6 nitrogen and oxygen atoms in total. The Morgan fingerprint density at radius 3 is 2.70 bits per heavy atom. The van der Waals surface area contributed by atoms with Gasteiger partial charge < -0.3 is 4.42 Å². The lowest BCUT2D eigenvalue weighted by atomic mass is 10.1. The minimum Gasteiger partial charge on any atom is -0.420 e. The second-order valence-corrected chi connectivity index (χ2v) is 8.43. The lowest BCUT2D eigenvalue weighted by molar-refractivity contribution is 0.528. The maximum atomic E-state index is 5.83. The van der Waals surface area contributed by atoms with Crippen molar-refractivity contribution in [3.05, 3.63) is 53.2 Å². The van der Waals surface area contributed by atoms with E-state index in [0.29, 0.717) is 23.6 Å². The molecule has 5 rings (SSSR count). The highest BCUT2D eigenvalue weighted by Gasteiger charge is 2.30. The van der Waals surface area contributed by atoms with E-state index in [9.17, 15) is 0 Å². The molecule has 0 atom stereocenters. The zero-order valence-corrected chi connectivity index (χ0v) is 16.3. The third kappa shape index (κ3) is 3.42. The van der Waals surface area contributed by atoms with Crippen LogP contribution in [-0.2, 0) is 5.75 Å². The Morgan fingerprint density at radius 2 is 1.96 bits per heavy atom. The summed E-state index contributed by atoms with van der Waals surface area (Å²) in [6.45, 7) is 2.06. The highest BCUT2D eigenvalue weighted by Crippen LogP contribution is 2.42. The number of thiophene rings is 1. The van der Waals surface area contributed by atoms with Crippen LogP contribution in [0.2, 0.25) is 0 Å². The fourth-order valence-electron chi connectivity index (χ4n) is 2.86. The van der Waals surface area contributed by atoms with Crippen LogP contribution >= 0.6 is 23.1 Å². The second kappa shape index (κ2) is 6.94. The first-order valence-corrected chi connectivity index (χ1v) is 10.7. The molecule has 1 aromatic carbocycles. The summed E-state index contributed by atoms with van der Waals surface area (Å²) < 4.78 is 8.09. The molecule has 0 spiro atoms. The Labute approximate surface area is 164 Å². The van der Waals surface area contributed by atoms with Gasteiger partial charge in [0.25, 0.3) is 0 Å². The van der Waals surface area contributed by atoms with Gasteiger partial charge in [-0.05, 0) is 43.3 Å². The molecule has 8 heteroatoms. The van der Waals surface area contributed by atoms with Crippen LogP contribution in [0.15, 0.2) is 51.4 Å².